The second-order valence-electron chi connectivity index (χ2n) is 6.29. The Bertz CT molecular complexity index is 606. The van der Waals surface area contributed by atoms with Gasteiger partial charge in [0.2, 0.25) is 0 Å². The van der Waals surface area contributed by atoms with Crippen molar-refractivity contribution in [3.05, 3.63) is 70.7 Å². The molecule has 0 saturated heterocycles. The van der Waals surface area contributed by atoms with Gasteiger partial charge in [0.1, 0.15) is 0 Å². The lowest BCUT2D eigenvalue weighted by Crippen LogP contribution is -2.38. The molecule has 1 N–H and O–H groups in total. The Kier molecular flexibility index (Phi) is 7.73. The van der Waals surface area contributed by atoms with Crippen LogP contribution in [-0.4, -0.2) is 47.7 Å². The van der Waals surface area contributed by atoms with Crippen LogP contribution in [0.25, 0.3) is 0 Å². The topological polar surface area (TPSA) is 26.7 Å². The van der Waals surface area contributed by atoms with Gasteiger partial charge in [0.15, 0.2) is 0 Å². The number of rotatable bonds is 9. The molecule has 2 aromatic rings. The summed E-state index contributed by atoms with van der Waals surface area (Å²) in [5.41, 5.74) is 2.44. The summed E-state index contributed by atoms with van der Waals surface area (Å²) in [6.07, 6.45) is -0.377. The van der Waals surface area contributed by atoms with Crippen molar-refractivity contribution in [1.82, 2.24) is 9.80 Å². The summed E-state index contributed by atoms with van der Waals surface area (Å²) >= 11 is 6.05. The molecule has 130 valence electrons. The number of halogens is 1. The Morgan fingerprint density at radius 1 is 0.958 bits per heavy atom. The van der Waals surface area contributed by atoms with Crippen LogP contribution in [0.4, 0.5) is 0 Å². The predicted molar refractivity (Wildman–Crippen MR) is 101 cm³/mol. The standard InChI is InChI=1S/C20H27ClN2O/c1-3-23(14-18-10-7-11-19(21)12-18)16-20(24)15-22(2)13-17-8-5-4-6-9-17/h4-12,20,24H,3,13-16H2,1-2H3. The Labute approximate surface area is 150 Å². The number of aliphatic hydroxyl groups is 1. The maximum absolute atomic E-state index is 10.4. The van der Waals surface area contributed by atoms with Crippen LogP contribution >= 0.6 is 11.6 Å². The van der Waals surface area contributed by atoms with Crippen LogP contribution in [0.15, 0.2) is 54.6 Å². The zero-order valence-electron chi connectivity index (χ0n) is 14.5. The van der Waals surface area contributed by atoms with Gasteiger partial charge in [0.25, 0.3) is 0 Å². The summed E-state index contributed by atoms with van der Waals surface area (Å²) < 4.78 is 0. The summed E-state index contributed by atoms with van der Waals surface area (Å²) in [7, 11) is 2.05. The van der Waals surface area contributed by atoms with E-state index in [9.17, 15) is 5.11 Å². The first-order chi connectivity index (χ1) is 11.6. The molecule has 0 aliphatic heterocycles. The lowest BCUT2D eigenvalue weighted by molar-refractivity contribution is 0.0791. The Balaban J connectivity index is 1.81. The number of likely N-dealkylation sites (N-methyl/N-ethyl adjacent to an activating group) is 2. The number of benzene rings is 2. The number of aliphatic hydroxyl groups excluding tert-OH is 1. The first-order valence-corrected chi connectivity index (χ1v) is 8.82. The van der Waals surface area contributed by atoms with Crippen molar-refractivity contribution in [2.45, 2.75) is 26.1 Å². The Morgan fingerprint density at radius 2 is 1.67 bits per heavy atom. The molecule has 4 heteroatoms. The van der Waals surface area contributed by atoms with E-state index in [2.05, 4.69) is 34.9 Å². The first kappa shape index (κ1) is 18.9. The van der Waals surface area contributed by atoms with Crippen molar-refractivity contribution in [3.63, 3.8) is 0 Å². The molecule has 0 fully saturated rings. The zero-order valence-corrected chi connectivity index (χ0v) is 15.3. The van der Waals surface area contributed by atoms with E-state index < -0.39 is 0 Å². The fourth-order valence-electron chi connectivity index (χ4n) is 2.87. The molecule has 0 aromatic heterocycles. The molecular formula is C20H27ClN2O. The highest BCUT2D eigenvalue weighted by Crippen LogP contribution is 2.13. The molecule has 2 aromatic carbocycles. The Morgan fingerprint density at radius 3 is 2.33 bits per heavy atom. The van der Waals surface area contributed by atoms with E-state index in [4.69, 9.17) is 11.6 Å². The molecule has 1 atom stereocenters. The Hall–Kier alpha value is -1.39. The molecule has 0 radical (unpaired) electrons. The average Bonchev–Trinajstić information content (AvgIpc) is 2.55. The van der Waals surface area contributed by atoms with Gasteiger partial charge in [-0.3, -0.25) is 9.80 Å². The summed E-state index contributed by atoms with van der Waals surface area (Å²) in [5, 5.41) is 11.2. The minimum atomic E-state index is -0.377. The first-order valence-electron chi connectivity index (χ1n) is 8.44. The van der Waals surface area contributed by atoms with Crippen molar-refractivity contribution in [2.24, 2.45) is 0 Å². The van der Waals surface area contributed by atoms with Gasteiger partial charge in [-0.15, -0.1) is 0 Å². The van der Waals surface area contributed by atoms with Crippen molar-refractivity contribution < 1.29 is 5.11 Å². The maximum Gasteiger partial charge on any atom is 0.0793 e. The maximum atomic E-state index is 10.4. The molecule has 24 heavy (non-hydrogen) atoms. The second kappa shape index (κ2) is 9.80. The van der Waals surface area contributed by atoms with Crippen LogP contribution in [0.3, 0.4) is 0 Å². The lowest BCUT2D eigenvalue weighted by atomic mass is 10.2. The molecule has 0 aliphatic carbocycles. The van der Waals surface area contributed by atoms with E-state index in [0.717, 1.165) is 24.7 Å². The molecule has 0 spiro atoms. The van der Waals surface area contributed by atoms with Gasteiger partial charge in [-0.05, 0) is 36.9 Å². The fraction of sp³-hybridized carbons (Fsp3) is 0.400. The molecule has 3 nitrogen and oxygen atoms in total. The summed E-state index contributed by atoms with van der Waals surface area (Å²) in [6, 6.07) is 18.2. The molecular weight excluding hydrogens is 320 g/mol. The fourth-order valence-corrected chi connectivity index (χ4v) is 3.09. The van der Waals surface area contributed by atoms with Crippen LogP contribution in [-0.2, 0) is 13.1 Å². The van der Waals surface area contributed by atoms with Gasteiger partial charge < -0.3 is 5.11 Å². The molecule has 1 unspecified atom stereocenters. The highest BCUT2D eigenvalue weighted by Gasteiger charge is 2.13. The third kappa shape index (κ3) is 6.62. The van der Waals surface area contributed by atoms with E-state index in [1.54, 1.807) is 0 Å². The van der Waals surface area contributed by atoms with Crippen LogP contribution in [0.1, 0.15) is 18.1 Å². The molecule has 0 amide bonds. The van der Waals surface area contributed by atoms with Gasteiger partial charge >= 0.3 is 0 Å². The molecule has 2 rings (SSSR count). The number of nitrogens with zero attached hydrogens (tertiary/aromatic N) is 2. The van der Waals surface area contributed by atoms with Crippen molar-refractivity contribution in [3.8, 4) is 0 Å². The van der Waals surface area contributed by atoms with Crippen molar-refractivity contribution >= 4 is 11.6 Å². The minimum Gasteiger partial charge on any atom is -0.390 e. The van der Waals surface area contributed by atoms with Crippen LogP contribution in [0.5, 0.6) is 0 Å². The van der Waals surface area contributed by atoms with E-state index >= 15 is 0 Å². The van der Waals surface area contributed by atoms with Gasteiger partial charge in [-0.2, -0.15) is 0 Å². The highest BCUT2D eigenvalue weighted by molar-refractivity contribution is 6.30. The monoisotopic (exact) mass is 346 g/mol. The molecule has 0 heterocycles. The van der Waals surface area contributed by atoms with Crippen molar-refractivity contribution in [1.29, 1.82) is 0 Å². The molecule has 0 saturated carbocycles. The summed E-state index contributed by atoms with van der Waals surface area (Å²) in [6.45, 7) is 5.97. The minimum absolute atomic E-state index is 0.377. The molecule has 0 bridgehead atoms. The zero-order chi connectivity index (χ0) is 17.4. The van der Waals surface area contributed by atoms with Crippen LogP contribution in [0, 0.1) is 0 Å². The van der Waals surface area contributed by atoms with Gasteiger partial charge in [0, 0.05) is 31.2 Å². The second-order valence-corrected chi connectivity index (χ2v) is 6.73. The van der Waals surface area contributed by atoms with E-state index in [1.807, 2.05) is 43.4 Å². The number of hydrogen-bond acceptors (Lipinski definition) is 3. The van der Waals surface area contributed by atoms with Gasteiger partial charge in [-0.25, -0.2) is 0 Å². The van der Waals surface area contributed by atoms with Crippen molar-refractivity contribution in [2.75, 3.05) is 26.7 Å². The lowest BCUT2D eigenvalue weighted by Gasteiger charge is -2.26. The largest absolute Gasteiger partial charge is 0.390 e. The normalized spacial score (nSPS) is 12.8. The summed E-state index contributed by atoms with van der Waals surface area (Å²) in [5.74, 6) is 0. The van der Waals surface area contributed by atoms with E-state index in [-0.39, 0.29) is 6.10 Å². The third-order valence-corrected chi connectivity index (χ3v) is 4.26. The van der Waals surface area contributed by atoms with Gasteiger partial charge in [-0.1, -0.05) is 61.0 Å². The van der Waals surface area contributed by atoms with Gasteiger partial charge in [0.05, 0.1) is 6.10 Å². The van der Waals surface area contributed by atoms with Crippen LogP contribution in [0.2, 0.25) is 5.02 Å². The average molecular weight is 347 g/mol. The van der Waals surface area contributed by atoms with E-state index in [0.29, 0.717) is 13.1 Å². The third-order valence-electron chi connectivity index (χ3n) is 4.03. The predicted octanol–water partition coefficient (Wildman–Crippen LogP) is 3.65. The highest BCUT2D eigenvalue weighted by atomic mass is 35.5. The SMILES string of the molecule is CCN(Cc1cccc(Cl)c1)CC(O)CN(C)Cc1ccccc1. The summed E-state index contributed by atoms with van der Waals surface area (Å²) in [4.78, 5) is 4.40. The quantitative estimate of drug-likeness (QED) is 0.750. The van der Waals surface area contributed by atoms with Crippen LogP contribution < -0.4 is 0 Å². The van der Waals surface area contributed by atoms with E-state index in [1.165, 1.54) is 11.1 Å². The smallest absolute Gasteiger partial charge is 0.0793 e. The number of hydrogen-bond donors (Lipinski definition) is 1. The molecule has 0 aliphatic rings.